The highest BCUT2D eigenvalue weighted by Crippen LogP contribution is 2.06. The largest absolute Gasteiger partial charge is 0.465 e. The summed E-state index contributed by atoms with van der Waals surface area (Å²) in [5.41, 5.74) is 0.996. The van der Waals surface area contributed by atoms with Crippen LogP contribution in [0.1, 0.15) is 11.3 Å². The monoisotopic (exact) mass is 299 g/mol. The number of aryl methyl sites for hydroxylation is 1. The van der Waals surface area contributed by atoms with E-state index in [0.717, 1.165) is 5.56 Å². The van der Waals surface area contributed by atoms with Crippen molar-refractivity contribution in [3.63, 3.8) is 0 Å². The summed E-state index contributed by atoms with van der Waals surface area (Å²) in [5.74, 6) is 0.455. The molecule has 0 aliphatic rings. The van der Waals surface area contributed by atoms with Crippen LogP contribution in [-0.4, -0.2) is 35.3 Å². The van der Waals surface area contributed by atoms with Crippen LogP contribution < -0.4 is 5.32 Å². The van der Waals surface area contributed by atoms with Crippen molar-refractivity contribution in [2.24, 2.45) is 0 Å². The quantitative estimate of drug-likeness (QED) is 0.858. The van der Waals surface area contributed by atoms with Crippen molar-refractivity contribution in [1.82, 2.24) is 9.88 Å². The predicted molar refractivity (Wildman–Crippen MR) is 83.0 cm³/mol. The fourth-order valence-electron chi connectivity index (χ4n) is 1.75. The molecule has 0 spiro atoms. The first-order valence-electron chi connectivity index (χ1n) is 6.74. The smallest absolute Gasteiger partial charge is 0.246 e. The van der Waals surface area contributed by atoms with Gasteiger partial charge in [0.2, 0.25) is 11.8 Å². The van der Waals surface area contributed by atoms with Crippen LogP contribution in [0.15, 0.2) is 47.2 Å². The molecular weight excluding hydrogens is 282 g/mol. The molecule has 2 rings (SSSR count). The highest BCUT2D eigenvalue weighted by molar-refractivity contribution is 5.97. The third kappa shape index (κ3) is 4.59. The van der Waals surface area contributed by atoms with Crippen molar-refractivity contribution in [3.8, 4) is 0 Å². The maximum atomic E-state index is 11.9. The van der Waals surface area contributed by atoms with E-state index in [4.69, 9.17) is 4.42 Å². The average Bonchev–Trinajstić information content (AvgIpc) is 2.97. The lowest BCUT2D eigenvalue weighted by atomic mass is 10.3. The van der Waals surface area contributed by atoms with E-state index in [9.17, 15) is 9.59 Å². The minimum atomic E-state index is -0.305. The molecule has 0 bridgehead atoms. The van der Waals surface area contributed by atoms with Crippen LogP contribution in [0.4, 0.5) is 5.82 Å². The Labute approximate surface area is 128 Å². The first kappa shape index (κ1) is 15.5. The minimum Gasteiger partial charge on any atom is -0.465 e. The van der Waals surface area contributed by atoms with Gasteiger partial charge < -0.3 is 14.6 Å². The molecule has 22 heavy (non-hydrogen) atoms. The fraction of sp³-hybridized carbons (Fsp3) is 0.188. The number of rotatable bonds is 5. The van der Waals surface area contributed by atoms with Crippen LogP contribution in [0, 0.1) is 6.92 Å². The second-order valence-electron chi connectivity index (χ2n) is 4.81. The van der Waals surface area contributed by atoms with E-state index in [0.29, 0.717) is 11.6 Å². The summed E-state index contributed by atoms with van der Waals surface area (Å²) in [7, 11) is 1.55. The van der Waals surface area contributed by atoms with Crippen molar-refractivity contribution in [3.05, 3.63) is 54.1 Å². The Morgan fingerprint density at radius 3 is 2.91 bits per heavy atom. The van der Waals surface area contributed by atoms with Gasteiger partial charge >= 0.3 is 0 Å². The molecule has 2 heterocycles. The zero-order valence-corrected chi connectivity index (χ0v) is 12.4. The molecule has 0 aliphatic heterocycles. The molecule has 2 aromatic heterocycles. The SMILES string of the molecule is Cc1ccnc(NC(=O)CN(C)C(=O)/C=C\c2ccco2)c1. The lowest BCUT2D eigenvalue weighted by Crippen LogP contribution is -2.34. The number of carbonyl (C=O) groups is 2. The van der Waals surface area contributed by atoms with Crippen molar-refractivity contribution in [1.29, 1.82) is 0 Å². The molecule has 0 fully saturated rings. The summed E-state index contributed by atoms with van der Waals surface area (Å²) < 4.78 is 5.09. The Morgan fingerprint density at radius 2 is 2.23 bits per heavy atom. The van der Waals surface area contributed by atoms with Crippen LogP contribution in [0.2, 0.25) is 0 Å². The number of hydrogen-bond donors (Lipinski definition) is 1. The Kier molecular flexibility index (Phi) is 5.08. The Morgan fingerprint density at radius 1 is 1.41 bits per heavy atom. The number of amides is 2. The van der Waals surface area contributed by atoms with Gasteiger partial charge in [-0.25, -0.2) is 4.98 Å². The van der Waals surface area contributed by atoms with E-state index in [-0.39, 0.29) is 18.4 Å². The third-order valence-corrected chi connectivity index (χ3v) is 2.87. The van der Waals surface area contributed by atoms with Crippen molar-refractivity contribution >= 4 is 23.7 Å². The van der Waals surface area contributed by atoms with Gasteiger partial charge in [-0.2, -0.15) is 0 Å². The number of aromatic nitrogens is 1. The topological polar surface area (TPSA) is 75.4 Å². The van der Waals surface area contributed by atoms with E-state index in [1.54, 1.807) is 37.5 Å². The molecule has 0 unspecified atom stereocenters. The zero-order valence-electron chi connectivity index (χ0n) is 12.4. The number of nitrogens with one attached hydrogen (secondary N) is 1. The van der Waals surface area contributed by atoms with Gasteiger partial charge in [-0.1, -0.05) is 0 Å². The minimum absolute atomic E-state index is 0.0586. The van der Waals surface area contributed by atoms with Gasteiger partial charge in [0.1, 0.15) is 11.6 Å². The second kappa shape index (κ2) is 7.21. The molecule has 6 heteroatoms. The van der Waals surface area contributed by atoms with E-state index in [2.05, 4.69) is 10.3 Å². The highest BCUT2D eigenvalue weighted by Gasteiger charge is 2.11. The Balaban J connectivity index is 1.86. The molecule has 1 N–H and O–H groups in total. The summed E-state index contributed by atoms with van der Waals surface area (Å²) in [6.45, 7) is 1.85. The van der Waals surface area contributed by atoms with Gasteiger partial charge in [-0.15, -0.1) is 0 Å². The van der Waals surface area contributed by atoms with E-state index in [1.165, 1.54) is 17.2 Å². The third-order valence-electron chi connectivity index (χ3n) is 2.87. The summed E-state index contributed by atoms with van der Waals surface area (Å²) in [6.07, 6.45) is 6.05. The van der Waals surface area contributed by atoms with Gasteiger partial charge in [0.15, 0.2) is 0 Å². The Hall–Kier alpha value is -2.89. The lowest BCUT2D eigenvalue weighted by molar-refractivity contribution is -0.129. The second-order valence-corrected chi connectivity index (χ2v) is 4.81. The van der Waals surface area contributed by atoms with Gasteiger partial charge in [0, 0.05) is 19.3 Å². The summed E-state index contributed by atoms with van der Waals surface area (Å²) in [6, 6.07) is 7.07. The lowest BCUT2D eigenvalue weighted by Gasteiger charge is -2.14. The number of hydrogen-bond acceptors (Lipinski definition) is 4. The van der Waals surface area contributed by atoms with Crippen molar-refractivity contribution in [2.75, 3.05) is 18.9 Å². The maximum absolute atomic E-state index is 11.9. The van der Waals surface area contributed by atoms with Crippen molar-refractivity contribution < 1.29 is 14.0 Å². The summed E-state index contributed by atoms with van der Waals surface area (Å²) in [5, 5.41) is 2.65. The normalized spacial score (nSPS) is 10.6. The predicted octanol–water partition coefficient (Wildman–Crippen LogP) is 2.09. The number of anilines is 1. The molecule has 0 aromatic carbocycles. The van der Waals surface area contributed by atoms with Gasteiger partial charge in [-0.05, 0) is 42.8 Å². The first-order valence-corrected chi connectivity index (χ1v) is 6.74. The fourth-order valence-corrected chi connectivity index (χ4v) is 1.75. The molecule has 2 amide bonds. The van der Waals surface area contributed by atoms with Crippen LogP contribution in [0.5, 0.6) is 0 Å². The molecule has 0 atom stereocenters. The van der Waals surface area contributed by atoms with Crippen LogP contribution in [0.3, 0.4) is 0 Å². The number of pyridine rings is 1. The summed E-state index contributed by atoms with van der Waals surface area (Å²) in [4.78, 5) is 29.1. The molecule has 2 aromatic rings. The zero-order chi connectivity index (χ0) is 15.9. The van der Waals surface area contributed by atoms with E-state index < -0.39 is 0 Å². The number of furan rings is 1. The van der Waals surface area contributed by atoms with Crippen LogP contribution in [-0.2, 0) is 9.59 Å². The van der Waals surface area contributed by atoms with Gasteiger partial charge in [0.25, 0.3) is 0 Å². The molecule has 0 radical (unpaired) electrons. The van der Waals surface area contributed by atoms with Crippen LogP contribution in [0.25, 0.3) is 6.08 Å². The molecule has 0 saturated carbocycles. The molecule has 6 nitrogen and oxygen atoms in total. The maximum Gasteiger partial charge on any atom is 0.246 e. The average molecular weight is 299 g/mol. The standard InChI is InChI=1S/C16H17N3O3/c1-12-7-8-17-14(10-12)18-15(20)11-19(2)16(21)6-5-13-4-3-9-22-13/h3-10H,11H2,1-2H3,(H,17,18,20)/b6-5-. The molecule has 0 saturated heterocycles. The summed E-state index contributed by atoms with van der Waals surface area (Å²) >= 11 is 0. The number of nitrogens with zero attached hydrogens (tertiary/aromatic N) is 2. The Bertz CT molecular complexity index is 678. The molecule has 0 aliphatic carbocycles. The van der Waals surface area contributed by atoms with Gasteiger partial charge in [0.05, 0.1) is 12.8 Å². The molecule has 114 valence electrons. The highest BCUT2D eigenvalue weighted by atomic mass is 16.3. The van der Waals surface area contributed by atoms with E-state index in [1.807, 2.05) is 13.0 Å². The van der Waals surface area contributed by atoms with E-state index >= 15 is 0 Å². The number of likely N-dealkylation sites (N-methyl/N-ethyl adjacent to an activating group) is 1. The molecular formula is C16H17N3O3. The van der Waals surface area contributed by atoms with Crippen molar-refractivity contribution in [2.45, 2.75) is 6.92 Å². The number of carbonyl (C=O) groups excluding carboxylic acids is 2. The first-order chi connectivity index (χ1) is 10.5. The van der Waals surface area contributed by atoms with Crippen LogP contribution >= 0.6 is 0 Å². The van der Waals surface area contributed by atoms with Gasteiger partial charge in [-0.3, -0.25) is 9.59 Å².